The largest absolute Gasteiger partial charge is 0.369 e. The van der Waals surface area contributed by atoms with Gasteiger partial charge >= 0.3 is 0 Å². The van der Waals surface area contributed by atoms with E-state index in [4.69, 9.17) is 16.9 Å². The summed E-state index contributed by atoms with van der Waals surface area (Å²) in [6.45, 7) is 1.50. The number of nitrogens with zero attached hydrogens (tertiary/aromatic N) is 2. The van der Waals surface area contributed by atoms with Gasteiger partial charge in [0.05, 0.1) is 17.0 Å². The first-order valence-electron chi connectivity index (χ1n) is 8.03. The number of amides is 1. The van der Waals surface area contributed by atoms with Crippen LogP contribution in [0.15, 0.2) is 42.5 Å². The van der Waals surface area contributed by atoms with Gasteiger partial charge in [-0.1, -0.05) is 23.7 Å². The topological polar surface area (TPSA) is 56.1 Å². The van der Waals surface area contributed by atoms with E-state index in [-0.39, 0.29) is 24.2 Å². The Hall–Kier alpha value is -2.58. The van der Waals surface area contributed by atoms with Gasteiger partial charge in [0.1, 0.15) is 11.9 Å². The van der Waals surface area contributed by atoms with E-state index in [0.717, 1.165) is 24.2 Å². The molecule has 1 heterocycles. The Morgan fingerprint density at radius 3 is 2.76 bits per heavy atom. The standard InChI is InChI=1S/C19H17ClFN3O/c20-18-10-17(6-3-14(18)11-22)24-8-7-16(12-24)23-19(25)9-13-1-4-15(21)5-2-13/h1-6,10,16H,7-9,12H2,(H,23,25). The summed E-state index contributed by atoms with van der Waals surface area (Å²) in [5.41, 5.74) is 2.18. The molecular formula is C19H17ClFN3O. The summed E-state index contributed by atoms with van der Waals surface area (Å²) in [5, 5.41) is 12.4. The third-order valence-corrected chi connectivity index (χ3v) is 4.58. The molecule has 6 heteroatoms. The van der Waals surface area contributed by atoms with Crippen molar-refractivity contribution in [1.29, 1.82) is 5.26 Å². The summed E-state index contributed by atoms with van der Waals surface area (Å²) in [6.07, 6.45) is 1.08. The molecule has 0 aromatic heterocycles. The Kier molecular flexibility index (Phi) is 5.20. The lowest BCUT2D eigenvalue weighted by molar-refractivity contribution is -0.121. The summed E-state index contributed by atoms with van der Waals surface area (Å²) in [5.74, 6) is -0.381. The number of anilines is 1. The van der Waals surface area contributed by atoms with Gasteiger partial charge in [-0.25, -0.2) is 4.39 Å². The minimum absolute atomic E-state index is 0.0577. The Morgan fingerprint density at radius 2 is 2.08 bits per heavy atom. The van der Waals surface area contributed by atoms with Gasteiger partial charge in [-0.3, -0.25) is 4.79 Å². The fourth-order valence-corrected chi connectivity index (χ4v) is 3.19. The Bertz CT molecular complexity index is 816. The number of carbonyl (C=O) groups excluding carboxylic acids is 1. The summed E-state index contributed by atoms with van der Waals surface area (Å²) in [7, 11) is 0. The number of halogens is 2. The van der Waals surface area contributed by atoms with Gasteiger partial charge in [0.15, 0.2) is 0 Å². The van der Waals surface area contributed by atoms with E-state index in [2.05, 4.69) is 10.2 Å². The van der Waals surface area contributed by atoms with Crippen molar-refractivity contribution in [2.24, 2.45) is 0 Å². The van der Waals surface area contributed by atoms with Gasteiger partial charge in [0, 0.05) is 24.8 Å². The van der Waals surface area contributed by atoms with E-state index in [1.54, 1.807) is 24.3 Å². The number of benzene rings is 2. The van der Waals surface area contributed by atoms with Crippen molar-refractivity contribution in [1.82, 2.24) is 5.32 Å². The summed E-state index contributed by atoms with van der Waals surface area (Å²) in [4.78, 5) is 14.3. The summed E-state index contributed by atoms with van der Waals surface area (Å²) >= 11 is 6.08. The predicted molar refractivity (Wildman–Crippen MR) is 95.0 cm³/mol. The monoisotopic (exact) mass is 357 g/mol. The van der Waals surface area contributed by atoms with Gasteiger partial charge in [-0.15, -0.1) is 0 Å². The fourth-order valence-electron chi connectivity index (χ4n) is 2.97. The maximum Gasteiger partial charge on any atom is 0.224 e. The van der Waals surface area contributed by atoms with Crippen LogP contribution in [0.25, 0.3) is 0 Å². The van der Waals surface area contributed by atoms with Crippen LogP contribution in [0.3, 0.4) is 0 Å². The van der Waals surface area contributed by atoms with Crippen LogP contribution >= 0.6 is 11.6 Å². The molecule has 1 unspecified atom stereocenters. The molecule has 1 N–H and O–H groups in total. The van der Waals surface area contributed by atoms with E-state index in [1.165, 1.54) is 12.1 Å². The third kappa shape index (κ3) is 4.28. The maximum atomic E-state index is 12.9. The molecule has 0 bridgehead atoms. The molecule has 1 aliphatic heterocycles. The highest BCUT2D eigenvalue weighted by atomic mass is 35.5. The van der Waals surface area contributed by atoms with Crippen molar-refractivity contribution < 1.29 is 9.18 Å². The minimum Gasteiger partial charge on any atom is -0.369 e. The SMILES string of the molecule is N#Cc1ccc(N2CCC(NC(=O)Cc3ccc(F)cc3)C2)cc1Cl. The van der Waals surface area contributed by atoms with Gasteiger partial charge in [0.2, 0.25) is 5.91 Å². The van der Waals surface area contributed by atoms with Gasteiger partial charge in [-0.05, 0) is 42.3 Å². The fraction of sp³-hybridized carbons (Fsp3) is 0.263. The molecule has 1 fully saturated rings. The van der Waals surface area contributed by atoms with E-state index >= 15 is 0 Å². The van der Waals surface area contributed by atoms with Gasteiger partial charge < -0.3 is 10.2 Å². The third-order valence-electron chi connectivity index (χ3n) is 4.27. The zero-order valence-corrected chi connectivity index (χ0v) is 14.3. The molecule has 3 rings (SSSR count). The second-order valence-electron chi connectivity index (χ2n) is 6.08. The van der Waals surface area contributed by atoms with Crippen molar-refractivity contribution in [3.63, 3.8) is 0 Å². The van der Waals surface area contributed by atoms with Crippen LogP contribution < -0.4 is 10.2 Å². The van der Waals surface area contributed by atoms with E-state index < -0.39 is 0 Å². The first-order valence-corrected chi connectivity index (χ1v) is 8.41. The number of nitriles is 1. The molecule has 128 valence electrons. The average Bonchev–Trinajstić information content (AvgIpc) is 3.05. The Labute approximate surface area is 150 Å². The number of hydrogen-bond acceptors (Lipinski definition) is 3. The smallest absolute Gasteiger partial charge is 0.224 e. The van der Waals surface area contributed by atoms with Crippen LogP contribution in [0.4, 0.5) is 10.1 Å². The number of nitrogens with one attached hydrogen (secondary N) is 1. The Morgan fingerprint density at radius 1 is 1.32 bits per heavy atom. The molecule has 25 heavy (non-hydrogen) atoms. The summed E-state index contributed by atoms with van der Waals surface area (Å²) in [6, 6.07) is 13.4. The quantitative estimate of drug-likeness (QED) is 0.913. The van der Waals surface area contributed by atoms with Gasteiger partial charge in [-0.2, -0.15) is 5.26 Å². The number of hydrogen-bond donors (Lipinski definition) is 1. The molecule has 0 aliphatic carbocycles. The molecule has 2 aromatic rings. The lowest BCUT2D eigenvalue weighted by atomic mass is 10.1. The number of rotatable bonds is 4. The first-order chi connectivity index (χ1) is 12.0. The van der Waals surface area contributed by atoms with Crippen LogP contribution in [0, 0.1) is 17.1 Å². The maximum absolute atomic E-state index is 12.9. The van der Waals surface area contributed by atoms with E-state index in [9.17, 15) is 9.18 Å². The van der Waals surface area contributed by atoms with Crippen LogP contribution in [0.1, 0.15) is 17.5 Å². The van der Waals surface area contributed by atoms with Crippen LogP contribution in [0.5, 0.6) is 0 Å². The lowest BCUT2D eigenvalue weighted by Gasteiger charge is -2.19. The molecule has 2 aromatic carbocycles. The molecule has 4 nitrogen and oxygen atoms in total. The highest BCUT2D eigenvalue weighted by Gasteiger charge is 2.24. The second-order valence-corrected chi connectivity index (χ2v) is 6.49. The van der Waals surface area contributed by atoms with Crippen molar-refractivity contribution in [3.05, 3.63) is 64.4 Å². The van der Waals surface area contributed by atoms with Crippen molar-refractivity contribution in [2.45, 2.75) is 18.9 Å². The molecule has 1 saturated heterocycles. The van der Waals surface area contributed by atoms with Crippen LogP contribution in [0.2, 0.25) is 5.02 Å². The first kappa shape index (κ1) is 17.2. The predicted octanol–water partition coefficient (Wildman–Crippen LogP) is 3.29. The average molecular weight is 358 g/mol. The zero-order chi connectivity index (χ0) is 17.8. The molecule has 1 atom stereocenters. The van der Waals surface area contributed by atoms with E-state index in [1.807, 2.05) is 12.1 Å². The van der Waals surface area contributed by atoms with Crippen molar-refractivity contribution in [3.8, 4) is 6.07 Å². The van der Waals surface area contributed by atoms with Crippen LogP contribution in [-0.4, -0.2) is 25.0 Å². The highest BCUT2D eigenvalue weighted by Crippen LogP contribution is 2.26. The molecule has 0 saturated carbocycles. The van der Waals surface area contributed by atoms with Crippen molar-refractivity contribution >= 4 is 23.2 Å². The Balaban J connectivity index is 1.56. The highest BCUT2D eigenvalue weighted by molar-refractivity contribution is 6.32. The molecule has 0 radical (unpaired) electrons. The molecule has 0 spiro atoms. The van der Waals surface area contributed by atoms with Gasteiger partial charge in [0.25, 0.3) is 0 Å². The lowest BCUT2D eigenvalue weighted by Crippen LogP contribution is -2.37. The molecule has 1 aliphatic rings. The minimum atomic E-state index is -0.309. The zero-order valence-electron chi connectivity index (χ0n) is 13.5. The normalized spacial score (nSPS) is 16.5. The van der Waals surface area contributed by atoms with Crippen molar-refractivity contribution in [2.75, 3.05) is 18.0 Å². The molecule has 1 amide bonds. The second kappa shape index (κ2) is 7.54. The summed E-state index contributed by atoms with van der Waals surface area (Å²) < 4.78 is 12.9. The van der Waals surface area contributed by atoms with Crippen LogP contribution in [-0.2, 0) is 11.2 Å². The van der Waals surface area contributed by atoms with E-state index in [0.29, 0.717) is 17.1 Å². The molecular weight excluding hydrogens is 341 g/mol. The number of carbonyl (C=O) groups is 1.